The molecule has 3 heterocycles. The van der Waals surface area contributed by atoms with Gasteiger partial charge in [0.05, 0.1) is 48.1 Å². The lowest BCUT2D eigenvalue weighted by atomic mass is 9.58. The third kappa shape index (κ3) is 5.42. The number of halogens is 1. The summed E-state index contributed by atoms with van der Waals surface area (Å²) in [5.41, 5.74) is 1.86. The monoisotopic (exact) mass is 594 g/mol. The first-order valence-electron chi connectivity index (χ1n) is 15.5. The van der Waals surface area contributed by atoms with Gasteiger partial charge in [-0.2, -0.15) is 5.26 Å². The van der Waals surface area contributed by atoms with Gasteiger partial charge < -0.3 is 14.5 Å². The van der Waals surface area contributed by atoms with Crippen LogP contribution in [-0.2, 0) is 27.2 Å². The number of Topliss-reactive ketones (excluding diaryl/α,β-unsaturated/α-hetero) is 1. The standard InChI is InChI=1S/C32H43ClN6O3/c1-3-27(40)39-16-15-38(19-23(39)11-13-34)30-25-10-12-32(18-22-8-5-4-7-21(22)17-26(32)33)29(41)28(25)35-31(36-30)42-20-24-9-6-14-37(24)2/h3-5,7-8,23-26,28,30-31,35-36H,1,6,9-12,14-20H2,2H3. The molecular weight excluding hydrogens is 552 g/mol. The Kier molecular flexibility index (Phi) is 8.75. The minimum absolute atomic E-state index is 0.0163. The van der Waals surface area contributed by atoms with E-state index in [0.29, 0.717) is 45.1 Å². The Morgan fingerprint density at radius 2 is 2.02 bits per heavy atom. The van der Waals surface area contributed by atoms with Crippen molar-refractivity contribution in [3.05, 3.63) is 48.0 Å². The maximum absolute atomic E-state index is 14.6. The van der Waals surface area contributed by atoms with E-state index >= 15 is 0 Å². The molecule has 2 aliphatic carbocycles. The van der Waals surface area contributed by atoms with Crippen molar-refractivity contribution in [2.75, 3.05) is 39.8 Å². The minimum Gasteiger partial charge on any atom is -0.348 e. The van der Waals surface area contributed by atoms with Gasteiger partial charge in [-0.05, 0) is 69.3 Å². The highest BCUT2D eigenvalue weighted by Gasteiger charge is 2.58. The van der Waals surface area contributed by atoms with Gasteiger partial charge in [-0.3, -0.25) is 25.1 Å². The Morgan fingerprint density at radius 3 is 2.76 bits per heavy atom. The van der Waals surface area contributed by atoms with Crippen LogP contribution in [0.2, 0.25) is 0 Å². The van der Waals surface area contributed by atoms with E-state index in [2.05, 4.69) is 52.3 Å². The number of carbonyl (C=O) groups is 2. The van der Waals surface area contributed by atoms with E-state index in [-0.39, 0.29) is 41.6 Å². The van der Waals surface area contributed by atoms with Gasteiger partial charge in [0.2, 0.25) is 5.91 Å². The Labute approximate surface area is 254 Å². The smallest absolute Gasteiger partial charge is 0.246 e. The molecule has 8 unspecified atom stereocenters. The van der Waals surface area contributed by atoms with Gasteiger partial charge in [-0.1, -0.05) is 30.8 Å². The summed E-state index contributed by atoms with van der Waals surface area (Å²) in [7, 11) is 2.14. The van der Waals surface area contributed by atoms with Crippen molar-refractivity contribution in [1.82, 2.24) is 25.3 Å². The number of hydrogen-bond acceptors (Lipinski definition) is 8. The summed E-state index contributed by atoms with van der Waals surface area (Å²) in [5, 5.41) is 16.6. The number of alkyl halides is 1. The first kappa shape index (κ1) is 29.7. The van der Waals surface area contributed by atoms with E-state index in [1.54, 1.807) is 4.90 Å². The molecule has 4 fully saturated rings. The summed E-state index contributed by atoms with van der Waals surface area (Å²) >= 11 is 7.12. The van der Waals surface area contributed by atoms with E-state index in [1.807, 2.05) is 12.1 Å². The summed E-state index contributed by atoms with van der Waals surface area (Å²) in [6, 6.07) is 10.4. The fourth-order valence-corrected chi connectivity index (χ4v) is 8.65. The molecule has 1 amide bonds. The number of benzene rings is 1. The number of amides is 1. The van der Waals surface area contributed by atoms with Crippen molar-refractivity contribution in [2.24, 2.45) is 11.3 Å². The molecule has 1 aromatic rings. The number of ether oxygens (including phenoxy) is 1. The van der Waals surface area contributed by atoms with Crippen molar-refractivity contribution >= 4 is 23.3 Å². The van der Waals surface area contributed by atoms with E-state index in [1.165, 1.54) is 17.2 Å². The topological polar surface area (TPSA) is 101 Å². The first-order valence-corrected chi connectivity index (χ1v) is 15.9. The molecule has 0 radical (unpaired) electrons. The van der Waals surface area contributed by atoms with Crippen LogP contribution in [0.1, 0.15) is 43.2 Å². The van der Waals surface area contributed by atoms with Crippen LogP contribution in [0.5, 0.6) is 0 Å². The van der Waals surface area contributed by atoms with Gasteiger partial charge >= 0.3 is 0 Å². The van der Waals surface area contributed by atoms with E-state index in [0.717, 1.165) is 32.2 Å². The van der Waals surface area contributed by atoms with Crippen LogP contribution < -0.4 is 10.6 Å². The van der Waals surface area contributed by atoms with Crippen LogP contribution in [0.15, 0.2) is 36.9 Å². The highest BCUT2D eigenvalue weighted by molar-refractivity contribution is 6.23. The lowest BCUT2D eigenvalue weighted by Crippen LogP contribution is -2.75. The maximum Gasteiger partial charge on any atom is 0.246 e. The molecular formula is C32H43ClN6O3. The summed E-state index contributed by atoms with van der Waals surface area (Å²) in [6.45, 7) is 7.01. The van der Waals surface area contributed by atoms with Crippen LogP contribution >= 0.6 is 11.6 Å². The zero-order valence-corrected chi connectivity index (χ0v) is 25.3. The van der Waals surface area contributed by atoms with Crippen molar-refractivity contribution in [3.63, 3.8) is 0 Å². The zero-order valence-electron chi connectivity index (χ0n) is 24.5. The Hall–Kier alpha value is -2.32. The maximum atomic E-state index is 14.6. The molecule has 5 aliphatic rings. The normalized spacial score (nSPS) is 37.2. The SMILES string of the molecule is C=CC(=O)N1CCN(C2NC(OCC3CCCN3C)NC3C(=O)C4(CCC32)Cc2ccccc2CC4Cl)CC1CC#N. The molecule has 1 saturated carbocycles. The minimum atomic E-state index is -0.611. The lowest BCUT2D eigenvalue weighted by Gasteiger charge is -2.56. The fourth-order valence-electron chi connectivity index (χ4n) is 8.19. The number of nitriles is 1. The quantitative estimate of drug-likeness (QED) is 0.382. The third-order valence-electron chi connectivity index (χ3n) is 10.6. The Balaban J connectivity index is 1.26. The summed E-state index contributed by atoms with van der Waals surface area (Å²) in [5.74, 6) is 0.0661. The summed E-state index contributed by atoms with van der Waals surface area (Å²) < 4.78 is 6.46. The predicted octanol–water partition coefficient (Wildman–Crippen LogP) is 2.25. The molecule has 2 N–H and O–H groups in total. The van der Waals surface area contributed by atoms with Gasteiger partial charge in [-0.15, -0.1) is 11.6 Å². The fraction of sp³-hybridized carbons (Fsp3) is 0.656. The molecule has 3 aliphatic heterocycles. The highest BCUT2D eigenvalue weighted by Crippen LogP contribution is 2.49. The molecule has 9 nitrogen and oxygen atoms in total. The van der Waals surface area contributed by atoms with Crippen molar-refractivity contribution in [1.29, 1.82) is 5.26 Å². The number of likely N-dealkylation sites (tertiary alicyclic amines) is 1. The largest absolute Gasteiger partial charge is 0.348 e. The number of carbonyl (C=O) groups excluding carboxylic acids is 2. The molecule has 6 rings (SSSR count). The van der Waals surface area contributed by atoms with Gasteiger partial charge in [0, 0.05) is 31.6 Å². The van der Waals surface area contributed by atoms with Crippen LogP contribution in [-0.4, -0.2) is 102 Å². The number of ketones is 1. The van der Waals surface area contributed by atoms with E-state index in [4.69, 9.17) is 16.3 Å². The third-order valence-corrected chi connectivity index (χ3v) is 11.2. The number of likely N-dealkylation sites (N-methyl/N-ethyl adjacent to an activating group) is 1. The number of piperazine rings is 1. The van der Waals surface area contributed by atoms with Crippen LogP contribution in [0, 0.1) is 22.7 Å². The van der Waals surface area contributed by atoms with Crippen LogP contribution in [0.3, 0.4) is 0 Å². The van der Waals surface area contributed by atoms with Crippen molar-refractivity contribution < 1.29 is 14.3 Å². The van der Waals surface area contributed by atoms with Gasteiger partial charge in [0.15, 0.2) is 12.1 Å². The Morgan fingerprint density at radius 1 is 1.21 bits per heavy atom. The first-order chi connectivity index (χ1) is 20.3. The molecule has 0 aromatic heterocycles. The lowest BCUT2D eigenvalue weighted by molar-refractivity contribution is -0.153. The van der Waals surface area contributed by atoms with Gasteiger partial charge in [-0.25, -0.2) is 0 Å². The van der Waals surface area contributed by atoms with Gasteiger partial charge in [0.25, 0.3) is 0 Å². The number of rotatable bonds is 6. The summed E-state index contributed by atoms with van der Waals surface area (Å²) in [4.78, 5) is 33.6. The van der Waals surface area contributed by atoms with E-state index in [9.17, 15) is 14.9 Å². The molecule has 1 aromatic carbocycles. The highest BCUT2D eigenvalue weighted by atomic mass is 35.5. The second-order valence-corrected chi connectivity index (χ2v) is 13.4. The summed E-state index contributed by atoms with van der Waals surface area (Å²) in [6.07, 6.45) is 6.18. The van der Waals surface area contributed by atoms with Gasteiger partial charge in [0.1, 0.15) is 0 Å². The molecule has 3 saturated heterocycles. The predicted molar refractivity (Wildman–Crippen MR) is 160 cm³/mol. The van der Waals surface area contributed by atoms with Crippen LogP contribution in [0.25, 0.3) is 0 Å². The number of nitrogens with zero attached hydrogens (tertiary/aromatic N) is 4. The van der Waals surface area contributed by atoms with Crippen LogP contribution in [0.4, 0.5) is 0 Å². The molecule has 0 bridgehead atoms. The number of nitrogens with one attached hydrogen (secondary N) is 2. The molecule has 1 spiro atoms. The molecule has 226 valence electrons. The second kappa shape index (κ2) is 12.4. The van der Waals surface area contributed by atoms with Crippen molar-refractivity contribution in [3.8, 4) is 6.07 Å². The zero-order chi connectivity index (χ0) is 29.4. The molecule has 10 heteroatoms. The number of hydrogen-bond donors (Lipinski definition) is 2. The van der Waals surface area contributed by atoms with Crippen molar-refractivity contribution in [2.45, 2.75) is 81.0 Å². The van der Waals surface area contributed by atoms with E-state index < -0.39 is 17.8 Å². The molecule has 8 atom stereocenters. The number of fused-ring (bicyclic) bond motifs is 2. The Bertz CT molecular complexity index is 1240. The average molecular weight is 595 g/mol. The average Bonchev–Trinajstić information content (AvgIpc) is 3.42. The molecule has 42 heavy (non-hydrogen) atoms. The second-order valence-electron chi connectivity index (χ2n) is 12.8.